The third-order valence-electron chi connectivity index (χ3n) is 4.73. The molecule has 136 valence electrons. The molecule has 5 heteroatoms. The molecule has 1 N–H and O–H groups in total. The van der Waals surface area contributed by atoms with Crippen LogP contribution in [-0.4, -0.2) is 31.0 Å². The van der Waals surface area contributed by atoms with Crippen LogP contribution in [0.3, 0.4) is 0 Å². The minimum atomic E-state index is -0.706. The fourth-order valence-corrected chi connectivity index (χ4v) is 3.23. The van der Waals surface area contributed by atoms with Gasteiger partial charge in [0.2, 0.25) is 5.91 Å². The van der Waals surface area contributed by atoms with E-state index in [9.17, 15) is 9.59 Å². The lowest BCUT2D eigenvalue weighted by Crippen LogP contribution is -2.50. The van der Waals surface area contributed by atoms with Gasteiger partial charge in [0.15, 0.2) is 6.10 Å². The normalized spacial score (nSPS) is 17.0. The third kappa shape index (κ3) is 3.87. The summed E-state index contributed by atoms with van der Waals surface area (Å²) < 4.78 is 5.84. The maximum absolute atomic E-state index is 12.7. The summed E-state index contributed by atoms with van der Waals surface area (Å²) in [6.45, 7) is 4.37. The topological polar surface area (TPSA) is 58.6 Å². The van der Waals surface area contributed by atoms with Gasteiger partial charge in [-0.05, 0) is 24.1 Å². The number of ether oxygens (including phenoxy) is 1. The van der Waals surface area contributed by atoms with Crippen LogP contribution in [0, 0.1) is 0 Å². The van der Waals surface area contributed by atoms with Crippen LogP contribution in [0.2, 0.25) is 0 Å². The van der Waals surface area contributed by atoms with E-state index in [1.165, 1.54) is 12.5 Å². The second kappa shape index (κ2) is 8.04. The molecular formula is C21H24N2O3. The summed E-state index contributed by atoms with van der Waals surface area (Å²) in [5.41, 5.74) is 1.91. The summed E-state index contributed by atoms with van der Waals surface area (Å²) in [5, 5.41) is 2.99. The number of amides is 2. The van der Waals surface area contributed by atoms with Crippen molar-refractivity contribution < 1.29 is 14.3 Å². The molecule has 0 fully saturated rings. The van der Waals surface area contributed by atoms with Crippen molar-refractivity contribution in [3.63, 3.8) is 0 Å². The molecule has 5 nitrogen and oxygen atoms in total. The summed E-state index contributed by atoms with van der Waals surface area (Å²) in [4.78, 5) is 26.2. The number of carbonyl (C=O) groups excluding carboxylic acids is 2. The molecule has 0 unspecified atom stereocenters. The van der Waals surface area contributed by atoms with Crippen LogP contribution in [0.5, 0.6) is 5.75 Å². The van der Waals surface area contributed by atoms with Crippen molar-refractivity contribution >= 4 is 17.5 Å². The van der Waals surface area contributed by atoms with E-state index in [1.54, 1.807) is 11.0 Å². The van der Waals surface area contributed by atoms with E-state index in [0.29, 0.717) is 18.0 Å². The van der Waals surface area contributed by atoms with Gasteiger partial charge in [0, 0.05) is 19.4 Å². The molecule has 1 aliphatic rings. The van der Waals surface area contributed by atoms with Crippen molar-refractivity contribution in [2.24, 2.45) is 0 Å². The first-order chi connectivity index (χ1) is 12.6. The largest absolute Gasteiger partial charge is 0.477 e. The zero-order valence-electron chi connectivity index (χ0n) is 15.1. The van der Waals surface area contributed by atoms with Crippen molar-refractivity contribution in [3.8, 4) is 5.75 Å². The molecule has 0 saturated heterocycles. The van der Waals surface area contributed by atoms with E-state index in [1.807, 2.05) is 36.4 Å². The van der Waals surface area contributed by atoms with E-state index in [2.05, 4.69) is 24.4 Å². The Bertz CT molecular complexity index is 776. The molecule has 0 radical (unpaired) electrons. The first-order valence-corrected chi connectivity index (χ1v) is 8.96. The molecule has 0 saturated carbocycles. The minimum Gasteiger partial charge on any atom is -0.477 e. The Morgan fingerprint density at radius 2 is 1.85 bits per heavy atom. The van der Waals surface area contributed by atoms with E-state index in [4.69, 9.17) is 4.74 Å². The molecule has 3 rings (SSSR count). The maximum atomic E-state index is 12.7. The molecular weight excluding hydrogens is 328 g/mol. The van der Waals surface area contributed by atoms with Crippen LogP contribution in [0.15, 0.2) is 54.6 Å². The van der Waals surface area contributed by atoms with Crippen LogP contribution < -0.4 is 15.0 Å². The minimum absolute atomic E-state index is 0.103. The van der Waals surface area contributed by atoms with Gasteiger partial charge in [-0.2, -0.15) is 0 Å². The number of hydrogen-bond acceptors (Lipinski definition) is 3. The second-order valence-corrected chi connectivity index (χ2v) is 6.46. The molecule has 2 aromatic carbocycles. The Labute approximate surface area is 154 Å². The lowest BCUT2D eigenvalue weighted by molar-refractivity contribution is -0.128. The van der Waals surface area contributed by atoms with Gasteiger partial charge in [0.25, 0.3) is 5.91 Å². The lowest BCUT2D eigenvalue weighted by Gasteiger charge is -2.33. The Morgan fingerprint density at radius 3 is 2.54 bits per heavy atom. The van der Waals surface area contributed by atoms with Crippen LogP contribution in [0.4, 0.5) is 5.69 Å². The van der Waals surface area contributed by atoms with Crippen LogP contribution >= 0.6 is 0 Å². The SMILES string of the molecule is CC[C@H](CNC(=O)[C@H]1CN(C(C)=O)c2ccccc2O1)c1ccccc1. The summed E-state index contributed by atoms with van der Waals surface area (Å²) in [5.74, 6) is 0.513. The molecule has 1 heterocycles. The fraction of sp³-hybridized carbons (Fsp3) is 0.333. The van der Waals surface area contributed by atoms with Gasteiger partial charge in [-0.3, -0.25) is 9.59 Å². The van der Waals surface area contributed by atoms with E-state index < -0.39 is 6.10 Å². The predicted octanol–water partition coefficient (Wildman–Crippen LogP) is 3.11. The first kappa shape index (κ1) is 18.0. The van der Waals surface area contributed by atoms with E-state index >= 15 is 0 Å². The monoisotopic (exact) mass is 352 g/mol. The van der Waals surface area contributed by atoms with Crippen molar-refractivity contribution in [3.05, 3.63) is 60.2 Å². The van der Waals surface area contributed by atoms with Crippen LogP contribution in [0.25, 0.3) is 0 Å². The number of hydrogen-bond donors (Lipinski definition) is 1. The van der Waals surface area contributed by atoms with Crippen LogP contribution in [-0.2, 0) is 9.59 Å². The third-order valence-corrected chi connectivity index (χ3v) is 4.73. The quantitative estimate of drug-likeness (QED) is 0.899. The van der Waals surface area contributed by atoms with Gasteiger partial charge in [-0.1, -0.05) is 49.4 Å². The maximum Gasteiger partial charge on any atom is 0.262 e. The predicted molar refractivity (Wildman–Crippen MR) is 101 cm³/mol. The second-order valence-electron chi connectivity index (χ2n) is 6.46. The number of carbonyl (C=O) groups is 2. The summed E-state index contributed by atoms with van der Waals surface area (Å²) in [6.07, 6.45) is 0.222. The molecule has 1 aliphatic heterocycles. The van der Waals surface area contributed by atoms with Gasteiger partial charge < -0.3 is 15.0 Å². The smallest absolute Gasteiger partial charge is 0.262 e. The highest BCUT2D eigenvalue weighted by Gasteiger charge is 2.32. The van der Waals surface area contributed by atoms with E-state index in [-0.39, 0.29) is 24.3 Å². The Morgan fingerprint density at radius 1 is 1.15 bits per heavy atom. The van der Waals surface area contributed by atoms with E-state index in [0.717, 1.165) is 6.42 Å². The highest BCUT2D eigenvalue weighted by Crippen LogP contribution is 2.33. The molecule has 0 aliphatic carbocycles. The zero-order valence-corrected chi connectivity index (χ0v) is 15.1. The summed E-state index contributed by atoms with van der Waals surface area (Å²) in [7, 11) is 0. The number of fused-ring (bicyclic) bond motifs is 1. The molecule has 2 atom stereocenters. The summed E-state index contributed by atoms with van der Waals surface area (Å²) in [6, 6.07) is 17.4. The molecule has 2 amide bonds. The van der Waals surface area contributed by atoms with Gasteiger partial charge in [-0.25, -0.2) is 0 Å². The van der Waals surface area contributed by atoms with Crippen molar-refractivity contribution in [1.29, 1.82) is 0 Å². The van der Waals surface area contributed by atoms with Gasteiger partial charge in [-0.15, -0.1) is 0 Å². The standard InChI is InChI=1S/C21H24N2O3/c1-3-16(17-9-5-4-6-10-17)13-22-21(25)20-14-23(15(2)24)18-11-7-8-12-19(18)26-20/h4-12,16,20H,3,13-14H2,1-2H3,(H,22,25)/t16-,20-/m1/s1. The number of nitrogens with zero attached hydrogens (tertiary/aromatic N) is 1. The van der Waals surface area contributed by atoms with Crippen molar-refractivity contribution in [2.75, 3.05) is 18.0 Å². The number of nitrogens with one attached hydrogen (secondary N) is 1. The average molecular weight is 352 g/mol. The van der Waals surface area contributed by atoms with Gasteiger partial charge in [0.05, 0.1) is 12.2 Å². The number of rotatable bonds is 5. The molecule has 26 heavy (non-hydrogen) atoms. The molecule has 2 aromatic rings. The average Bonchev–Trinajstić information content (AvgIpc) is 2.68. The lowest BCUT2D eigenvalue weighted by atomic mass is 9.96. The van der Waals surface area contributed by atoms with Gasteiger partial charge in [0.1, 0.15) is 5.75 Å². The zero-order chi connectivity index (χ0) is 18.5. The highest BCUT2D eigenvalue weighted by atomic mass is 16.5. The van der Waals surface area contributed by atoms with Gasteiger partial charge >= 0.3 is 0 Å². The summed E-state index contributed by atoms with van der Waals surface area (Å²) >= 11 is 0. The Hall–Kier alpha value is -2.82. The van der Waals surface area contributed by atoms with Crippen LogP contribution in [0.1, 0.15) is 31.7 Å². The number of benzene rings is 2. The number of anilines is 1. The molecule has 0 spiro atoms. The highest BCUT2D eigenvalue weighted by molar-refractivity contribution is 5.95. The molecule has 0 aromatic heterocycles. The molecule has 0 bridgehead atoms. The van der Waals surface area contributed by atoms with Crippen molar-refractivity contribution in [2.45, 2.75) is 32.3 Å². The number of para-hydroxylation sites is 2. The first-order valence-electron chi connectivity index (χ1n) is 8.96. The Balaban J connectivity index is 1.68. The van der Waals surface area contributed by atoms with Crippen molar-refractivity contribution in [1.82, 2.24) is 5.32 Å². The fourth-order valence-electron chi connectivity index (χ4n) is 3.23. The Kier molecular flexibility index (Phi) is 5.56.